The van der Waals surface area contributed by atoms with Gasteiger partial charge in [-0.1, -0.05) is 6.07 Å². The number of ether oxygens (including phenoxy) is 1. The molecule has 0 spiro atoms. The fourth-order valence-electron chi connectivity index (χ4n) is 3.43. The van der Waals surface area contributed by atoms with E-state index in [2.05, 4.69) is 20.2 Å². The van der Waals surface area contributed by atoms with Crippen LogP contribution < -0.4 is 4.74 Å². The highest BCUT2D eigenvalue weighted by molar-refractivity contribution is 5.87. The van der Waals surface area contributed by atoms with Gasteiger partial charge in [0.2, 0.25) is 5.88 Å². The van der Waals surface area contributed by atoms with Crippen molar-refractivity contribution in [2.45, 2.75) is 12.3 Å². The van der Waals surface area contributed by atoms with E-state index in [0.717, 1.165) is 16.7 Å². The van der Waals surface area contributed by atoms with Gasteiger partial charge in [0.15, 0.2) is 0 Å². The molecule has 0 saturated heterocycles. The Balaban J connectivity index is 1.52. The first-order chi connectivity index (χ1) is 13.2. The molecular weight excluding hydrogens is 347 g/mol. The normalized spacial score (nSPS) is 16.1. The molecule has 0 saturated carbocycles. The summed E-state index contributed by atoms with van der Waals surface area (Å²) in [4.78, 5) is 8.90. The van der Waals surface area contributed by atoms with Gasteiger partial charge in [-0.25, -0.2) is 9.37 Å². The number of aromatic hydroxyl groups is 1. The van der Waals surface area contributed by atoms with Crippen molar-refractivity contribution in [1.29, 1.82) is 0 Å². The highest BCUT2D eigenvalue weighted by atomic mass is 19.1. The molecule has 3 heterocycles. The maximum absolute atomic E-state index is 13.5. The van der Waals surface area contributed by atoms with Crippen LogP contribution in [0.25, 0.3) is 22.0 Å². The topological polar surface area (TPSA) is 83.9 Å². The Hall–Kier alpha value is -3.48. The maximum atomic E-state index is 13.5. The fraction of sp³-hybridized carbons (Fsp3) is 0.150. The van der Waals surface area contributed by atoms with Crippen LogP contribution in [0.15, 0.2) is 48.8 Å². The number of aromatic amines is 1. The zero-order valence-electron chi connectivity index (χ0n) is 14.2. The fourth-order valence-corrected chi connectivity index (χ4v) is 3.43. The van der Waals surface area contributed by atoms with Gasteiger partial charge in [0.05, 0.1) is 29.6 Å². The number of hydrogen-bond donors (Lipinski definition) is 2. The lowest BCUT2D eigenvalue weighted by Gasteiger charge is -2.24. The minimum absolute atomic E-state index is 0.0783. The van der Waals surface area contributed by atoms with Crippen LogP contribution in [-0.2, 0) is 6.42 Å². The second-order valence-electron chi connectivity index (χ2n) is 6.59. The number of hydrogen-bond acceptors (Lipinski definition) is 5. The third-order valence-electron chi connectivity index (χ3n) is 4.82. The molecule has 1 atom stereocenters. The van der Waals surface area contributed by atoms with E-state index < -0.39 is 0 Å². The van der Waals surface area contributed by atoms with Crippen molar-refractivity contribution in [3.05, 3.63) is 66.0 Å². The molecule has 0 bridgehead atoms. The van der Waals surface area contributed by atoms with E-state index in [1.807, 2.05) is 18.2 Å². The van der Waals surface area contributed by atoms with Crippen molar-refractivity contribution < 1.29 is 14.2 Å². The third-order valence-corrected chi connectivity index (χ3v) is 4.82. The molecule has 6 nitrogen and oxygen atoms in total. The number of halogens is 1. The summed E-state index contributed by atoms with van der Waals surface area (Å²) in [5.74, 6) is 0.647. The monoisotopic (exact) mass is 362 g/mol. The first-order valence-electron chi connectivity index (χ1n) is 8.58. The molecule has 27 heavy (non-hydrogen) atoms. The lowest BCUT2D eigenvalue weighted by molar-refractivity contribution is 0.256. The zero-order valence-corrected chi connectivity index (χ0v) is 14.2. The summed E-state index contributed by atoms with van der Waals surface area (Å²) in [6.07, 6.45) is 4.05. The van der Waals surface area contributed by atoms with Gasteiger partial charge in [0.1, 0.15) is 17.4 Å². The third kappa shape index (κ3) is 2.77. The van der Waals surface area contributed by atoms with Crippen molar-refractivity contribution in [3.8, 4) is 22.8 Å². The van der Waals surface area contributed by atoms with Gasteiger partial charge >= 0.3 is 0 Å². The minimum Gasteiger partial charge on any atom is -0.493 e. The van der Waals surface area contributed by atoms with Gasteiger partial charge in [-0.2, -0.15) is 10.1 Å². The second-order valence-corrected chi connectivity index (χ2v) is 6.59. The van der Waals surface area contributed by atoms with Crippen molar-refractivity contribution in [3.63, 3.8) is 0 Å². The Labute approximate surface area is 153 Å². The Morgan fingerprint density at radius 2 is 2.04 bits per heavy atom. The van der Waals surface area contributed by atoms with Crippen molar-refractivity contribution >= 4 is 10.9 Å². The summed E-state index contributed by atoms with van der Waals surface area (Å²) < 4.78 is 19.2. The van der Waals surface area contributed by atoms with Crippen LogP contribution >= 0.6 is 0 Å². The van der Waals surface area contributed by atoms with Crippen molar-refractivity contribution in [1.82, 2.24) is 20.2 Å². The number of nitrogens with one attached hydrogen (secondary N) is 1. The molecule has 134 valence electrons. The summed E-state index contributed by atoms with van der Waals surface area (Å²) in [5, 5.41) is 17.8. The summed E-state index contributed by atoms with van der Waals surface area (Å²) in [6.45, 7) is 0.386. The molecule has 2 N–H and O–H groups in total. The second kappa shape index (κ2) is 6.05. The van der Waals surface area contributed by atoms with Crippen LogP contribution in [0.3, 0.4) is 0 Å². The summed E-state index contributed by atoms with van der Waals surface area (Å²) in [7, 11) is 0. The predicted molar refractivity (Wildman–Crippen MR) is 97.1 cm³/mol. The molecule has 2 aromatic carbocycles. The highest BCUT2D eigenvalue weighted by Crippen LogP contribution is 2.34. The molecule has 4 aromatic rings. The van der Waals surface area contributed by atoms with E-state index in [1.165, 1.54) is 12.1 Å². The van der Waals surface area contributed by atoms with E-state index in [0.29, 0.717) is 35.5 Å². The lowest BCUT2D eigenvalue weighted by Crippen LogP contribution is -2.21. The Bertz CT molecular complexity index is 1140. The number of aromatic nitrogens is 4. The van der Waals surface area contributed by atoms with Crippen molar-refractivity contribution in [2.75, 3.05) is 6.61 Å². The molecule has 2 aromatic heterocycles. The lowest BCUT2D eigenvalue weighted by atomic mass is 9.95. The quantitative estimate of drug-likeness (QED) is 0.569. The summed E-state index contributed by atoms with van der Waals surface area (Å²) in [6, 6.07) is 10.1. The first-order valence-corrected chi connectivity index (χ1v) is 8.58. The summed E-state index contributed by atoms with van der Waals surface area (Å²) >= 11 is 0. The average molecular weight is 362 g/mol. The number of H-pyrrole nitrogens is 1. The molecule has 1 aliphatic heterocycles. The Kier molecular flexibility index (Phi) is 3.53. The Morgan fingerprint density at radius 1 is 1.11 bits per heavy atom. The van der Waals surface area contributed by atoms with E-state index in [9.17, 15) is 9.50 Å². The number of rotatable bonds is 2. The van der Waals surface area contributed by atoms with Gasteiger partial charge < -0.3 is 9.84 Å². The predicted octanol–water partition coefficient (Wildman–Crippen LogP) is 3.58. The molecule has 0 fully saturated rings. The van der Waals surface area contributed by atoms with Crippen LogP contribution in [-0.4, -0.2) is 31.9 Å². The van der Waals surface area contributed by atoms with Crippen molar-refractivity contribution in [2.24, 2.45) is 0 Å². The number of nitrogens with zero attached hydrogens (tertiary/aromatic N) is 3. The first kappa shape index (κ1) is 15.7. The number of fused-ring (bicyclic) bond motifs is 2. The number of benzene rings is 2. The largest absolute Gasteiger partial charge is 0.493 e. The molecule has 0 aliphatic carbocycles. The molecular formula is C20H15FN4O2. The van der Waals surface area contributed by atoms with E-state index >= 15 is 0 Å². The van der Waals surface area contributed by atoms with Crippen LogP contribution in [0.1, 0.15) is 17.3 Å². The molecule has 5 rings (SSSR count). The Morgan fingerprint density at radius 3 is 2.89 bits per heavy atom. The SMILES string of the molecule is Oc1nc(C2COc3ccc(F)cc3C2)nc2ccc(-c3cn[nH]c3)cc12. The van der Waals surface area contributed by atoms with E-state index in [4.69, 9.17) is 4.74 Å². The smallest absolute Gasteiger partial charge is 0.222 e. The van der Waals surface area contributed by atoms with Gasteiger partial charge in [-0.15, -0.1) is 0 Å². The molecule has 1 aliphatic rings. The molecule has 0 radical (unpaired) electrons. The van der Waals surface area contributed by atoms with Crippen LogP contribution in [0.4, 0.5) is 4.39 Å². The summed E-state index contributed by atoms with van der Waals surface area (Å²) in [5.41, 5.74) is 3.26. The zero-order chi connectivity index (χ0) is 18.4. The van der Waals surface area contributed by atoms with Crippen LogP contribution in [0.5, 0.6) is 11.6 Å². The van der Waals surface area contributed by atoms with Gasteiger partial charge in [0, 0.05) is 11.8 Å². The minimum atomic E-state index is -0.299. The van der Waals surface area contributed by atoms with Crippen LogP contribution in [0, 0.1) is 5.82 Å². The molecule has 0 amide bonds. The van der Waals surface area contributed by atoms with Gasteiger partial charge in [-0.05, 0) is 47.9 Å². The molecule has 7 heteroatoms. The highest BCUT2D eigenvalue weighted by Gasteiger charge is 2.25. The standard InChI is InChI=1S/C20H15FN4O2/c21-15-2-4-18-12(6-15)5-13(10-27-18)19-24-17-3-1-11(14-8-22-23-9-14)7-16(17)20(26)25-19/h1-4,6-9,13H,5,10H2,(H,22,23)(H,24,25,26). The van der Waals surface area contributed by atoms with Gasteiger partial charge in [0.25, 0.3) is 0 Å². The maximum Gasteiger partial charge on any atom is 0.222 e. The average Bonchev–Trinajstić information content (AvgIpc) is 3.22. The van der Waals surface area contributed by atoms with E-state index in [1.54, 1.807) is 18.5 Å². The van der Waals surface area contributed by atoms with Gasteiger partial charge in [-0.3, -0.25) is 5.10 Å². The molecule has 1 unspecified atom stereocenters. The van der Waals surface area contributed by atoms with E-state index in [-0.39, 0.29) is 17.6 Å². The van der Waals surface area contributed by atoms with Crippen LogP contribution in [0.2, 0.25) is 0 Å².